The SMILES string of the molecule is C=C/C=C(\C=C/N(c1ccc(-c2ccccc2)cc1)c1ccc(-c2ccccc2)cc1)c1cccc2c1-c1c(cccc1-c1ccc(N(c3ccc(-c4ccccc4)cc3)c3ccc(-c4ccccc4)cc3)cc1)C2=O. The van der Waals surface area contributed by atoms with Gasteiger partial charge in [-0.1, -0.05) is 237 Å². The van der Waals surface area contributed by atoms with Gasteiger partial charge >= 0.3 is 0 Å². The Labute approximate surface area is 445 Å². The molecule has 12 rings (SSSR count). The third-order valence-corrected chi connectivity index (χ3v) is 14.3. The molecule has 3 heteroatoms. The zero-order valence-electron chi connectivity index (χ0n) is 41.9. The molecule has 11 aromatic rings. The van der Waals surface area contributed by atoms with Gasteiger partial charge in [0.25, 0.3) is 0 Å². The van der Waals surface area contributed by atoms with Crippen molar-refractivity contribution in [3.8, 4) is 66.8 Å². The van der Waals surface area contributed by atoms with Gasteiger partial charge < -0.3 is 9.80 Å². The Morgan fingerprint density at radius 1 is 0.316 bits per heavy atom. The van der Waals surface area contributed by atoms with Gasteiger partial charge in [0.1, 0.15) is 0 Å². The molecule has 1 aliphatic rings. The van der Waals surface area contributed by atoms with Crippen LogP contribution in [0.15, 0.2) is 310 Å². The van der Waals surface area contributed by atoms with E-state index in [1.807, 2.05) is 60.7 Å². The monoisotopic (exact) mass is 972 g/mol. The molecule has 0 atom stereocenters. The van der Waals surface area contributed by atoms with Crippen molar-refractivity contribution >= 4 is 39.8 Å². The Kier molecular flexibility index (Phi) is 13.1. The lowest BCUT2D eigenvalue weighted by Crippen LogP contribution is -2.09. The molecule has 0 bridgehead atoms. The fourth-order valence-corrected chi connectivity index (χ4v) is 10.5. The third-order valence-electron chi connectivity index (χ3n) is 14.3. The summed E-state index contributed by atoms with van der Waals surface area (Å²) < 4.78 is 0. The van der Waals surface area contributed by atoms with E-state index < -0.39 is 0 Å². The number of anilines is 5. The predicted molar refractivity (Wildman–Crippen MR) is 320 cm³/mol. The Morgan fingerprint density at radius 3 is 1.04 bits per heavy atom. The molecule has 0 amide bonds. The molecular weight excluding hydrogens is 921 g/mol. The van der Waals surface area contributed by atoms with Crippen LogP contribution in [0.25, 0.3) is 72.3 Å². The van der Waals surface area contributed by atoms with Crippen molar-refractivity contribution in [1.29, 1.82) is 0 Å². The van der Waals surface area contributed by atoms with Crippen molar-refractivity contribution in [2.45, 2.75) is 0 Å². The Morgan fingerprint density at radius 2 is 0.645 bits per heavy atom. The summed E-state index contributed by atoms with van der Waals surface area (Å²) in [5.74, 6) is 0.0231. The average Bonchev–Trinajstić information content (AvgIpc) is 3.85. The maximum Gasteiger partial charge on any atom is 0.194 e. The highest BCUT2D eigenvalue weighted by Gasteiger charge is 2.32. The average molecular weight is 973 g/mol. The van der Waals surface area contributed by atoms with Crippen LogP contribution in [0, 0.1) is 0 Å². The molecule has 1 aliphatic carbocycles. The van der Waals surface area contributed by atoms with E-state index in [0.29, 0.717) is 11.1 Å². The molecule has 0 radical (unpaired) electrons. The molecule has 3 nitrogen and oxygen atoms in total. The third kappa shape index (κ3) is 9.41. The summed E-state index contributed by atoms with van der Waals surface area (Å²) in [5.41, 5.74) is 21.6. The molecule has 0 spiro atoms. The second-order valence-electron chi connectivity index (χ2n) is 18.9. The van der Waals surface area contributed by atoms with Crippen LogP contribution in [0.5, 0.6) is 0 Å². The number of rotatable bonds is 14. The van der Waals surface area contributed by atoms with Gasteiger partial charge in [-0.2, -0.15) is 0 Å². The summed E-state index contributed by atoms with van der Waals surface area (Å²) in [6.45, 7) is 4.17. The van der Waals surface area contributed by atoms with Crippen LogP contribution in [0.3, 0.4) is 0 Å². The number of benzene rings is 11. The number of carbonyl (C=O) groups is 1. The van der Waals surface area contributed by atoms with E-state index in [1.54, 1.807) is 0 Å². The van der Waals surface area contributed by atoms with Crippen LogP contribution in [0.1, 0.15) is 21.5 Å². The van der Waals surface area contributed by atoms with E-state index in [4.69, 9.17) is 0 Å². The summed E-state index contributed by atoms with van der Waals surface area (Å²) in [5, 5.41) is 0. The summed E-state index contributed by atoms with van der Waals surface area (Å²) in [6.07, 6.45) is 8.13. The maximum absolute atomic E-state index is 14.5. The molecule has 0 aliphatic heterocycles. The molecule has 11 aromatic carbocycles. The second kappa shape index (κ2) is 21.2. The molecular formula is C73H52N2O. The number of nitrogens with zero attached hydrogens (tertiary/aromatic N) is 2. The van der Waals surface area contributed by atoms with Gasteiger partial charge in [0.2, 0.25) is 0 Å². The summed E-state index contributed by atoms with van der Waals surface area (Å²) >= 11 is 0. The van der Waals surface area contributed by atoms with Crippen molar-refractivity contribution in [2.24, 2.45) is 0 Å². The predicted octanol–water partition coefficient (Wildman–Crippen LogP) is 19.6. The van der Waals surface area contributed by atoms with E-state index >= 15 is 0 Å². The minimum absolute atomic E-state index is 0.0231. The van der Waals surface area contributed by atoms with Gasteiger partial charge in [0, 0.05) is 56.9 Å². The number of hydrogen-bond donors (Lipinski definition) is 0. The molecule has 0 heterocycles. The molecule has 0 aromatic heterocycles. The Balaban J connectivity index is 0.909. The van der Waals surface area contributed by atoms with Crippen LogP contribution in [0.2, 0.25) is 0 Å². The lowest BCUT2D eigenvalue weighted by molar-refractivity contribution is 0.104. The molecule has 0 unspecified atom stereocenters. The molecule has 0 saturated heterocycles. The Hall–Kier alpha value is -10.1. The van der Waals surface area contributed by atoms with E-state index in [2.05, 4.69) is 259 Å². The number of hydrogen-bond acceptors (Lipinski definition) is 3. The normalized spacial score (nSPS) is 11.8. The van der Waals surface area contributed by atoms with Crippen LogP contribution in [0.4, 0.5) is 28.4 Å². The molecule has 0 saturated carbocycles. The second-order valence-corrected chi connectivity index (χ2v) is 18.9. The van der Waals surface area contributed by atoms with Crippen molar-refractivity contribution in [2.75, 3.05) is 9.80 Å². The van der Waals surface area contributed by atoms with Crippen molar-refractivity contribution < 1.29 is 4.79 Å². The number of fused-ring (bicyclic) bond motifs is 3. The largest absolute Gasteiger partial charge is 0.317 e. The van der Waals surface area contributed by atoms with Gasteiger partial charge in [-0.05, 0) is 134 Å². The van der Waals surface area contributed by atoms with Crippen LogP contribution in [-0.2, 0) is 0 Å². The first-order valence-electron chi connectivity index (χ1n) is 25.7. The van der Waals surface area contributed by atoms with Crippen LogP contribution < -0.4 is 9.80 Å². The quantitative estimate of drug-likeness (QED) is 0.101. The minimum Gasteiger partial charge on any atom is -0.317 e. The van der Waals surface area contributed by atoms with Crippen LogP contribution >= 0.6 is 0 Å². The topological polar surface area (TPSA) is 23.6 Å². The zero-order valence-corrected chi connectivity index (χ0v) is 41.9. The summed E-state index contributed by atoms with van der Waals surface area (Å²) in [6, 6.07) is 97.7. The molecule has 0 fully saturated rings. The lowest BCUT2D eigenvalue weighted by atomic mass is 9.89. The van der Waals surface area contributed by atoms with E-state index in [9.17, 15) is 4.79 Å². The van der Waals surface area contributed by atoms with Crippen molar-refractivity contribution in [3.63, 3.8) is 0 Å². The minimum atomic E-state index is 0.0231. The zero-order chi connectivity index (χ0) is 51.2. The fraction of sp³-hybridized carbons (Fsp3) is 0. The first-order chi connectivity index (χ1) is 37.6. The summed E-state index contributed by atoms with van der Waals surface area (Å²) in [7, 11) is 0. The van der Waals surface area contributed by atoms with Crippen molar-refractivity contribution in [3.05, 3.63) is 327 Å². The molecule has 76 heavy (non-hydrogen) atoms. The highest BCUT2D eigenvalue weighted by Crippen LogP contribution is 2.48. The van der Waals surface area contributed by atoms with E-state index in [1.165, 1.54) is 22.3 Å². The van der Waals surface area contributed by atoms with Gasteiger partial charge in [-0.25, -0.2) is 0 Å². The number of ketones is 1. The molecule has 360 valence electrons. The maximum atomic E-state index is 14.5. The van der Waals surface area contributed by atoms with E-state index in [0.717, 1.165) is 84.1 Å². The van der Waals surface area contributed by atoms with Gasteiger partial charge in [-0.3, -0.25) is 4.79 Å². The van der Waals surface area contributed by atoms with Crippen molar-refractivity contribution in [1.82, 2.24) is 0 Å². The van der Waals surface area contributed by atoms with Gasteiger partial charge in [-0.15, -0.1) is 0 Å². The van der Waals surface area contributed by atoms with Crippen LogP contribution in [-0.4, -0.2) is 5.78 Å². The standard InChI is InChI=1S/C73H52N2O/c1-2-17-60(50-51-74(62-40-30-56(31-41-62)52-18-7-3-8-19-52)63-42-32-57(33-43-63)53-20-9-4-10-21-53)67-26-15-28-69-71(67)72-68(27-16-29-70(72)73(69)76)61-38-48-66(49-39-61)75(64-44-34-58(35-45-64)54-22-11-5-12-23-54)65-46-36-59(37-47-65)55-24-13-6-14-25-55/h2-51H,1H2/b51-50-,60-17+. The first kappa shape index (κ1) is 46.9. The smallest absolute Gasteiger partial charge is 0.194 e. The summed E-state index contributed by atoms with van der Waals surface area (Å²) in [4.78, 5) is 19.0. The highest BCUT2D eigenvalue weighted by molar-refractivity contribution is 6.25. The Bertz CT molecular complexity index is 3720. The fourth-order valence-electron chi connectivity index (χ4n) is 10.5. The number of allylic oxidation sites excluding steroid dienone is 4. The first-order valence-corrected chi connectivity index (χ1v) is 25.7. The lowest BCUT2D eigenvalue weighted by Gasteiger charge is -2.26. The molecule has 0 N–H and O–H groups in total. The highest BCUT2D eigenvalue weighted by atomic mass is 16.1. The van der Waals surface area contributed by atoms with Gasteiger partial charge in [0.05, 0.1) is 0 Å². The van der Waals surface area contributed by atoms with Gasteiger partial charge in [0.15, 0.2) is 5.78 Å². The van der Waals surface area contributed by atoms with E-state index in [-0.39, 0.29) is 5.78 Å². The number of carbonyl (C=O) groups excluding carboxylic acids is 1.